The fraction of sp³-hybridized carbons (Fsp3) is 0.346. The van der Waals surface area contributed by atoms with E-state index in [1.165, 1.54) is 9.80 Å². The SMILES string of the molecule is CCC(c1cccc(Cl)c1)N(C)C(=O)N1C(=O)[C@H](Cc2ccnc(N)c2)[C@H]1C(=O)N(C)c1ccn(C)n1. The van der Waals surface area contributed by atoms with Crippen molar-refractivity contribution < 1.29 is 14.4 Å². The first kappa shape index (κ1) is 26.2. The van der Waals surface area contributed by atoms with Crippen molar-refractivity contribution in [2.24, 2.45) is 13.0 Å². The van der Waals surface area contributed by atoms with Crippen molar-refractivity contribution >= 4 is 41.1 Å². The molecule has 0 radical (unpaired) electrons. The van der Waals surface area contributed by atoms with Gasteiger partial charge in [-0.15, -0.1) is 0 Å². The van der Waals surface area contributed by atoms with Gasteiger partial charge < -0.3 is 10.6 Å². The summed E-state index contributed by atoms with van der Waals surface area (Å²) in [6.45, 7) is 1.95. The van der Waals surface area contributed by atoms with Crippen LogP contribution in [0.4, 0.5) is 16.4 Å². The molecule has 4 amide bonds. The van der Waals surface area contributed by atoms with Gasteiger partial charge in [-0.2, -0.15) is 5.10 Å². The highest BCUT2D eigenvalue weighted by Crippen LogP contribution is 2.35. The van der Waals surface area contributed by atoms with Crippen LogP contribution >= 0.6 is 11.6 Å². The molecule has 194 valence electrons. The van der Waals surface area contributed by atoms with Crippen molar-refractivity contribution in [3.05, 3.63) is 71.0 Å². The second-order valence-electron chi connectivity index (χ2n) is 9.17. The number of likely N-dealkylation sites (tertiary alicyclic amines) is 1. The summed E-state index contributed by atoms with van der Waals surface area (Å²) in [4.78, 5) is 48.7. The Morgan fingerprint density at radius 2 is 1.95 bits per heavy atom. The third-order valence-corrected chi connectivity index (χ3v) is 6.97. The Balaban J connectivity index is 1.64. The van der Waals surface area contributed by atoms with Crippen LogP contribution in [-0.2, 0) is 23.1 Å². The van der Waals surface area contributed by atoms with Crippen molar-refractivity contribution in [3.8, 4) is 0 Å². The summed E-state index contributed by atoms with van der Waals surface area (Å²) in [5.74, 6) is -0.810. The number of nitrogen functional groups attached to an aromatic ring is 1. The Kier molecular flexibility index (Phi) is 7.49. The van der Waals surface area contributed by atoms with E-state index in [2.05, 4.69) is 10.1 Å². The van der Waals surface area contributed by atoms with Crippen molar-refractivity contribution in [2.75, 3.05) is 24.7 Å². The molecule has 1 saturated heterocycles. The van der Waals surface area contributed by atoms with Crippen molar-refractivity contribution in [1.82, 2.24) is 24.6 Å². The number of benzene rings is 1. The fourth-order valence-corrected chi connectivity index (χ4v) is 4.96. The average Bonchev–Trinajstić information content (AvgIpc) is 3.31. The lowest BCUT2D eigenvalue weighted by molar-refractivity contribution is -0.157. The molecule has 0 bridgehead atoms. The third-order valence-electron chi connectivity index (χ3n) is 6.74. The smallest absolute Gasteiger partial charge is 0.327 e. The fourth-order valence-electron chi connectivity index (χ4n) is 4.76. The highest BCUT2D eigenvalue weighted by molar-refractivity contribution is 6.30. The van der Waals surface area contributed by atoms with E-state index in [4.69, 9.17) is 17.3 Å². The van der Waals surface area contributed by atoms with Crippen LogP contribution in [0.3, 0.4) is 0 Å². The van der Waals surface area contributed by atoms with Gasteiger partial charge in [-0.3, -0.25) is 24.1 Å². The molecule has 1 aromatic carbocycles. The molecule has 37 heavy (non-hydrogen) atoms. The predicted molar refractivity (Wildman–Crippen MR) is 141 cm³/mol. The molecule has 3 aromatic rings. The van der Waals surface area contributed by atoms with E-state index >= 15 is 0 Å². The molecule has 11 heteroatoms. The number of anilines is 2. The number of hydrogen-bond acceptors (Lipinski definition) is 6. The summed E-state index contributed by atoms with van der Waals surface area (Å²) in [5.41, 5.74) is 7.42. The highest BCUT2D eigenvalue weighted by atomic mass is 35.5. The van der Waals surface area contributed by atoms with Gasteiger partial charge in [0, 0.05) is 44.6 Å². The van der Waals surface area contributed by atoms with Crippen molar-refractivity contribution in [3.63, 3.8) is 0 Å². The molecular formula is C26H30ClN7O3. The molecule has 1 unspecified atom stereocenters. The van der Waals surface area contributed by atoms with Gasteiger partial charge in [0.15, 0.2) is 5.82 Å². The molecule has 0 saturated carbocycles. The number of aryl methyl sites for hydroxylation is 1. The van der Waals surface area contributed by atoms with Crippen LogP contribution in [0.25, 0.3) is 0 Å². The van der Waals surface area contributed by atoms with Gasteiger partial charge in [-0.25, -0.2) is 9.78 Å². The number of imide groups is 1. The van der Waals surface area contributed by atoms with E-state index in [0.717, 1.165) is 16.0 Å². The lowest BCUT2D eigenvalue weighted by atomic mass is 9.81. The first-order valence-corrected chi connectivity index (χ1v) is 12.3. The van der Waals surface area contributed by atoms with Crippen LogP contribution in [0.15, 0.2) is 54.9 Å². The second kappa shape index (κ2) is 10.6. The minimum Gasteiger partial charge on any atom is -0.384 e. The number of amides is 4. The number of rotatable bonds is 7. The van der Waals surface area contributed by atoms with Gasteiger partial charge >= 0.3 is 6.03 Å². The van der Waals surface area contributed by atoms with Gasteiger partial charge in [0.1, 0.15) is 11.9 Å². The average molecular weight is 524 g/mol. The van der Waals surface area contributed by atoms with Gasteiger partial charge in [0.05, 0.1) is 12.0 Å². The topological polar surface area (TPSA) is 118 Å². The molecule has 1 aliphatic rings. The monoisotopic (exact) mass is 523 g/mol. The standard InChI is InChI=1S/C26H30ClN7O3/c1-5-20(17-7-6-8-18(27)15-17)32(3)26(37)34-23(25(36)33(4)22-10-12-31(2)30-22)19(24(34)35)13-16-9-11-29-21(28)14-16/h6-12,14-15,19-20,23H,5,13H2,1-4H3,(H2,28,29)/t19-,20?,23+/m1/s1. The molecule has 2 N–H and O–H groups in total. The van der Waals surface area contributed by atoms with Crippen molar-refractivity contribution in [1.29, 1.82) is 0 Å². The number of nitrogens with zero attached hydrogens (tertiary/aromatic N) is 6. The molecule has 3 heterocycles. The Morgan fingerprint density at radius 3 is 2.57 bits per heavy atom. The molecule has 2 aromatic heterocycles. The first-order valence-electron chi connectivity index (χ1n) is 11.9. The normalized spacial score (nSPS) is 17.8. The number of urea groups is 1. The first-order chi connectivity index (χ1) is 17.6. The van der Waals surface area contributed by atoms with Crippen LogP contribution in [0, 0.1) is 5.92 Å². The number of nitrogens with two attached hydrogens (primary N) is 1. The van der Waals surface area contributed by atoms with E-state index in [0.29, 0.717) is 23.1 Å². The van der Waals surface area contributed by atoms with E-state index in [1.54, 1.807) is 68.6 Å². The molecule has 0 spiro atoms. The van der Waals surface area contributed by atoms with Gasteiger partial charge in [-0.1, -0.05) is 30.7 Å². The van der Waals surface area contributed by atoms with Gasteiger partial charge in [0.2, 0.25) is 5.91 Å². The third kappa shape index (κ3) is 5.15. The molecule has 4 rings (SSSR count). The molecule has 0 aliphatic carbocycles. The van der Waals surface area contributed by atoms with Gasteiger partial charge in [-0.05, 0) is 48.2 Å². The van der Waals surface area contributed by atoms with E-state index in [-0.39, 0.29) is 12.5 Å². The zero-order chi connectivity index (χ0) is 26.9. The van der Waals surface area contributed by atoms with Crippen molar-refractivity contribution in [2.45, 2.75) is 31.8 Å². The zero-order valence-corrected chi connectivity index (χ0v) is 22.0. The molecule has 1 aliphatic heterocycles. The number of pyridine rings is 1. The van der Waals surface area contributed by atoms with E-state index < -0.39 is 29.8 Å². The summed E-state index contributed by atoms with van der Waals surface area (Å²) in [6, 6.07) is 10.5. The summed E-state index contributed by atoms with van der Waals surface area (Å²) in [5, 5.41) is 4.85. The number of likely N-dealkylation sites (N-methyl/N-ethyl adjacent to an activating group) is 1. The zero-order valence-electron chi connectivity index (χ0n) is 21.2. The van der Waals surface area contributed by atoms with E-state index in [1.807, 2.05) is 19.1 Å². The maximum absolute atomic E-state index is 13.7. The largest absolute Gasteiger partial charge is 0.384 e. The Morgan fingerprint density at radius 1 is 1.19 bits per heavy atom. The van der Waals surface area contributed by atoms with Crippen LogP contribution in [0.5, 0.6) is 0 Å². The minimum atomic E-state index is -0.999. The number of hydrogen-bond donors (Lipinski definition) is 1. The molecule has 10 nitrogen and oxygen atoms in total. The molecule has 1 fully saturated rings. The lowest BCUT2D eigenvalue weighted by Gasteiger charge is -2.47. The van der Waals surface area contributed by atoms with Gasteiger partial charge in [0.25, 0.3) is 5.91 Å². The van der Waals surface area contributed by atoms with Crippen LogP contribution < -0.4 is 10.6 Å². The summed E-state index contributed by atoms with van der Waals surface area (Å²) < 4.78 is 1.58. The minimum absolute atomic E-state index is 0.247. The number of halogens is 1. The second-order valence-corrected chi connectivity index (χ2v) is 9.61. The summed E-state index contributed by atoms with van der Waals surface area (Å²) in [6.07, 6.45) is 4.11. The molecular weight excluding hydrogens is 494 g/mol. The Labute approximate surface area is 220 Å². The number of carbonyl (C=O) groups is 3. The maximum atomic E-state index is 13.7. The van der Waals surface area contributed by atoms with E-state index in [9.17, 15) is 14.4 Å². The number of carbonyl (C=O) groups excluding carboxylic acids is 3. The van der Waals surface area contributed by atoms with Crippen LogP contribution in [-0.4, -0.2) is 62.5 Å². The highest BCUT2D eigenvalue weighted by Gasteiger charge is 2.56. The molecule has 3 atom stereocenters. The quantitative estimate of drug-likeness (QED) is 0.475. The van der Waals surface area contributed by atoms with Crippen LogP contribution in [0.1, 0.15) is 30.5 Å². The Hall–Kier alpha value is -3.92. The summed E-state index contributed by atoms with van der Waals surface area (Å²) >= 11 is 6.18. The predicted octanol–water partition coefficient (Wildman–Crippen LogP) is 3.29. The summed E-state index contributed by atoms with van der Waals surface area (Å²) in [7, 11) is 4.96. The number of β-lactam (4-membered cyclic amide) rings is 1. The maximum Gasteiger partial charge on any atom is 0.327 e. The van der Waals surface area contributed by atoms with Crippen LogP contribution in [0.2, 0.25) is 5.02 Å². The Bertz CT molecular complexity index is 1330. The number of aromatic nitrogens is 3. The lowest BCUT2D eigenvalue weighted by Crippen LogP contribution is -2.70.